The van der Waals surface area contributed by atoms with Crippen molar-refractivity contribution in [1.29, 1.82) is 0 Å². The van der Waals surface area contributed by atoms with Crippen molar-refractivity contribution in [3.05, 3.63) is 24.1 Å². The molecule has 0 aliphatic carbocycles. The Morgan fingerprint density at radius 2 is 2.26 bits per heavy atom. The van der Waals surface area contributed by atoms with E-state index in [9.17, 15) is 4.79 Å². The predicted molar refractivity (Wildman–Crippen MR) is 75.3 cm³/mol. The molecule has 0 aliphatic rings. The summed E-state index contributed by atoms with van der Waals surface area (Å²) >= 11 is 0. The number of oxazole rings is 1. The average molecular weight is 261 g/mol. The zero-order valence-corrected chi connectivity index (χ0v) is 11.6. The molecule has 1 aromatic carbocycles. The van der Waals surface area contributed by atoms with Crippen LogP contribution in [-0.4, -0.2) is 31.5 Å². The zero-order chi connectivity index (χ0) is 13.8. The summed E-state index contributed by atoms with van der Waals surface area (Å²) in [4.78, 5) is 17.9. The molecule has 0 radical (unpaired) electrons. The lowest BCUT2D eigenvalue weighted by Gasteiger charge is -2.17. The summed E-state index contributed by atoms with van der Waals surface area (Å²) in [5.41, 5.74) is 2.36. The van der Waals surface area contributed by atoms with Gasteiger partial charge < -0.3 is 14.6 Å². The van der Waals surface area contributed by atoms with Gasteiger partial charge in [-0.3, -0.25) is 4.79 Å². The van der Waals surface area contributed by atoms with Crippen LogP contribution in [0.25, 0.3) is 11.1 Å². The molecule has 0 unspecified atom stereocenters. The van der Waals surface area contributed by atoms with Gasteiger partial charge in [0.25, 0.3) is 0 Å². The van der Waals surface area contributed by atoms with Crippen molar-refractivity contribution in [1.82, 2.24) is 10.3 Å². The number of rotatable bonds is 5. The largest absolute Gasteiger partial charge is 0.441 e. The minimum absolute atomic E-state index is 0.103. The molecule has 2 rings (SSSR count). The number of anilines is 1. The van der Waals surface area contributed by atoms with E-state index in [1.807, 2.05) is 32.2 Å². The Labute approximate surface area is 112 Å². The second-order valence-corrected chi connectivity index (χ2v) is 4.54. The van der Waals surface area contributed by atoms with Crippen LogP contribution in [0.15, 0.2) is 22.6 Å². The summed E-state index contributed by atoms with van der Waals surface area (Å²) in [6.45, 7) is 2.66. The number of nitrogens with zero attached hydrogens (tertiary/aromatic N) is 2. The SMILES string of the molecule is CNCCCC(=O)N(C)c1ccc2nc(C)oc2c1. The molecule has 0 atom stereocenters. The topological polar surface area (TPSA) is 58.4 Å². The molecule has 0 spiro atoms. The molecule has 19 heavy (non-hydrogen) atoms. The van der Waals surface area contributed by atoms with E-state index in [2.05, 4.69) is 10.3 Å². The Kier molecular flexibility index (Phi) is 4.16. The van der Waals surface area contributed by atoms with Crippen LogP contribution in [0, 0.1) is 6.92 Å². The highest BCUT2D eigenvalue weighted by molar-refractivity contribution is 5.94. The molecule has 5 nitrogen and oxygen atoms in total. The van der Waals surface area contributed by atoms with Crippen molar-refractivity contribution >= 4 is 22.7 Å². The van der Waals surface area contributed by atoms with Crippen molar-refractivity contribution < 1.29 is 9.21 Å². The molecule has 0 aliphatic heterocycles. The fourth-order valence-corrected chi connectivity index (χ4v) is 1.97. The number of aryl methyl sites for hydroxylation is 1. The molecule has 102 valence electrons. The molecule has 0 bridgehead atoms. The maximum atomic E-state index is 12.0. The molecule has 0 saturated carbocycles. The van der Waals surface area contributed by atoms with Gasteiger partial charge in [-0.25, -0.2) is 4.98 Å². The number of benzene rings is 1. The van der Waals surface area contributed by atoms with Crippen LogP contribution in [0.1, 0.15) is 18.7 Å². The molecule has 1 aromatic heterocycles. The highest BCUT2D eigenvalue weighted by Gasteiger charge is 2.12. The lowest BCUT2D eigenvalue weighted by molar-refractivity contribution is -0.118. The van der Waals surface area contributed by atoms with E-state index in [1.165, 1.54) is 0 Å². The van der Waals surface area contributed by atoms with Crippen molar-refractivity contribution in [3.63, 3.8) is 0 Å². The third-order valence-corrected chi connectivity index (χ3v) is 3.06. The zero-order valence-electron chi connectivity index (χ0n) is 11.6. The number of carbonyl (C=O) groups excluding carboxylic acids is 1. The van der Waals surface area contributed by atoms with Gasteiger partial charge >= 0.3 is 0 Å². The van der Waals surface area contributed by atoms with Crippen LogP contribution in [0.2, 0.25) is 0 Å². The molecule has 0 fully saturated rings. The number of fused-ring (bicyclic) bond motifs is 1. The first-order valence-electron chi connectivity index (χ1n) is 6.40. The predicted octanol–water partition coefficient (Wildman–Crippen LogP) is 2.10. The number of nitrogens with one attached hydrogen (secondary N) is 1. The number of hydrogen-bond donors (Lipinski definition) is 1. The number of carbonyl (C=O) groups is 1. The second kappa shape index (κ2) is 5.84. The number of amides is 1. The normalized spacial score (nSPS) is 10.9. The fourth-order valence-electron chi connectivity index (χ4n) is 1.97. The summed E-state index contributed by atoms with van der Waals surface area (Å²) in [5.74, 6) is 0.737. The van der Waals surface area contributed by atoms with Gasteiger partial charge in [0.05, 0.1) is 0 Å². The standard InChI is InChI=1S/C14H19N3O2/c1-10-16-12-7-6-11(9-13(12)19-10)17(3)14(18)5-4-8-15-2/h6-7,9,15H,4-5,8H2,1-3H3. The van der Waals surface area contributed by atoms with Gasteiger partial charge in [0.2, 0.25) is 5.91 Å². The Balaban J connectivity index is 2.11. The van der Waals surface area contributed by atoms with Gasteiger partial charge in [0.15, 0.2) is 11.5 Å². The summed E-state index contributed by atoms with van der Waals surface area (Å²) in [6.07, 6.45) is 1.37. The molecule has 2 aromatic rings. The molecule has 1 amide bonds. The van der Waals surface area contributed by atoms with Gasteiger partial charge in [-0.2, -0.15) is 0 Å². The van der Waals surface area contributed by atoms with E-state index in [1.54, 1.807) is 11.9 Å². The van der Waals surface area contributed by atoms with Crippen molar-refractivity contribution in [2.45, 2.75) is 19.8 Å². The molecule has 1 N–H and O–H groups in total. The monoisotopic (exact) mass is 261 g/mol. The summed E-state index contributed by atoms with van der Waals surface area (Å²) in [6, 6.07) is 5.62. The quantitative estimate of drug-likeness (QED) is 0.837. The van der Waals surface area contributed by atoms with E-state index in [-0.39, 0.29) is 5.91 Å². The first kappa shape index (κ1) is 13.5. The fraction of sp³-hybridized carbons (Fsp3) is 0.429. The van der Waals surface area contributed by atoms with Crippen molar-refractivity contribution in [2.75, 3.05) is 25.5 Å². The average Bonchev–Trinajstić information content (AvgIpc) is 2.77. The van der Waals surface area contributed by atoms with Crippen LogP contribution < -0.4 is 10.2 Å². The number of aromatic nitrogens is 1. The van der Waals surface area contributed by atoms with Crippen LogP contribution in [0.4, 0.5) is 5.69 Å². The maximum Gasteiger partial charge on any atom is 0.226 e. The number of hydrogen-bond acceptors (Lipinski definition) is 4. The van der Waals surface area contributed by atoms with Crippen LogP contribution in [-0.2, 0) is 4.79 Å². The van der Waals surface area contributed by atoms with Crippen LogP contribution >= 0.6 is 0 Å². The van der Waals surface area contributed by atoms with E-state index in [4.69, 9.17) is 4.42 Å². The van der Waals surface area contributed by atoms with Gasteiger partial charge in [0, 0.05) is 32.1 Å². The first-order chi connectivity index (χ1) is 9.11. The Morgan fingerprint density at radius 3 is 3.00 bits per heavy atom. The van der Waals surface area contributed by atoms with Gasteiger partial charge in [0.1, 0.15) is 5.52 Å². The molecule has 0 saturated heterocycles. The van der Waals surface area contributed by atoms with Crippen LogP contribution in [0.5, 0.6) is 0 Å². The summed E-state index contributed by atoms with van der Waals surface area (Å²) < 4.78 is 5.48. The van der Waals surface area contributed by atoms with Gasteiger partial charge in [-0.15, -0.1) is 0 Å². The van der Waals surface area contributed by atoms with E-state index >= 15 is 0 Å². The maximum absolute atomic E-state index is 12.0. The Hall–Kier alpha value is -1.88. The second-order valence-electron chi connectivity index (χ2n) is 4.54. The lowest BCUT2D eigenvalue weighted by Crippen LogP contribution is -2.26. The van der Waals surface area contributed by atoms with E-state index in [0.29, 0.717) is 17.9 Å². The third-order valence-electron chi connectivity index (χ3n) is 3.06. The van der Waals surface area contributed by atoms with E-state index < -0.39 is 0 Å². The first-order valence-corrected chi connectivity index (χ1v) is 6.40. The summed E-state index contributed by atoms with van der Waals surface area (Å²) in [5, 5.41) is 3.03. The van der Waals surface area contributed by atoms with Gasteiger partial charge in [-0.1, -0.05) is 0 Å². The smallest absolute Gasteiger partial charge is 0.226 e. The molecule has 5 heteroatoms. The minimum Gasteiger partial charge on any atom is -0.441 e. The highest BCUT2D eigenvalue weighted by atomic mass is 16.3. The minimum atomic E-state index is 0.103. The molecular formula is C14H19N3O2. The van der Waals surface area contributed by atoms with Crippen molar-refractivity contribution in [2.24, 2.45) is 0 Å². The third kappa shape index (κ3) is 3.12. The Morgan fingerprint density at radius 1 is 1.47 bits per heavy atom. The van der Waals surface area contributed by atoms with Crippen LogP contribution in [0.3, 0.4) is 0 Å². The highest BCUT2D eigenvalue weighted by Crippen LogP contribution is 2.22. The lowest BCUT2D eigenvalue weighted by atomic mass is 10.2. The Bertz CT molecular complexity index is 577. The van der Waals surface area contributed by atoms with E-state index in [0.717, 1.165) is 24.2 Å². The van der Waals surface area contributed by atoms with Gasteiger partial charge in [-0.05, 0) is 32.1 Å². The summed E-state index contributed by atoms with van der Waals surface area (Å²) in [7, 11) is 3.67. The molecule has 1 heterocycles. The van der Waals surface area contributed by atoms with Crippen molar-refractivity contribution in [3.8, 4) is 0 Å². The molecular weight excluding hydrogens is 242 g/mol.